The van der Waals surface area contributed by atoms with Gasteiger partial charge < -0.3 is 25.4 Å². The molecule has 0 saturated carbocycles. The third-order valence-electron chi connectivity index (χ3n) is 6.13. The zero-order valence-electron chi connectivity index (χ0n) is 23.0. The summed E-state index contributed by atoms with van der Waals surface area (Å²) in [5.41, 5.74) is 2.37. The monoisotopic (exact) mass is 511 g/mol. The van der Waals surface area contributed by atoms with Gasteiger partial charge in [0.15, 0.2) is 0 Å². The highest BCUT2D eigenvalue weighted by Crippen LogP contribution is 2.27. The zero-order chi connectivity index (χ0) is 27.8. The number of aliphatic hydroxyl groups is 1. The highest BCUT2D eigenvalue weighted by molar-refractivity contribution is 5.99. The fraction of sp³-hybridized carbons (Fsp3) is 0.483. The molecule has 0 aliphatic heterocycles. The van der Waals surface area contributed by atoms with Gasteiger partial charge in [0.2, 0.25) is 5.91 Å². The molecule has 3 amide bonds. The molecular weight excluding hydrogens is 470 g/mol. The molecule has 0 bridgehead atoms. The number of ether oxygens (including phenoxy) is 1. The number of para-hydroxylation sites is 1. The topological polar surface area (TPSA) is 108 Å². The minimum Gasteiger partial charge on any atom is -0.444 e. The van der Waals surface area contributed by atoms with Gasteiger partial charge in [-0.1, -0.05) is 68.3 Å². The smallest absolute Gasteiger partial charge is 0.408 e. The van der Waals surface area contributed by atoms with Gasteiger partial charge in [0.1, 0.15) is 17.7 Å². The van der Waals surface area contributed by atoms with Crippen LogP contribution in [0.2, 0.25) is 0 Å². The van der Waals surface area contributed by atoms with Crippen molar-refractivity contribution >= 4 is 23.6 Å². The second-order valence-corrected chi connectivity index (χ2v) is 10.4. The third kappa shape index (κ3) is 8.60. The standard InChI is InChI=1S/C29H41N3O5/c1-8-20(3)24(31-28(36)37-29(5,6)7)27(35)32(17-18-33)25(22-15-13-19(2)14-16-22)26(34)30-23-12-10-9-11-21(23)4/h9-16,20,24-25,33H,8,17-18H2,1-7H3,(H,30,34)(H,31,36). The quantitative estimate of drug-likeness (QED) is 0.427. The number of alkyl carbamates (subject to hydrolysis) is 1. The molecule has 3 atom stereocenters. The summed E-state index contributed by atoms with van der Waals surface area (Å²) in [5, 5.41) is 15.6. The second-order valence-electron chi connectivity index (χ2n) is 10.4. The number of benzene rings is 2. The first-order valence-corrected chi connectivity index (χ1v) is 12.7. The van der Waals surface area contributed by atoms with Crippen LogP contribution in [0.3, 0.4) is 0 Å². The molecule has 0 saturated heterocycles. The highest BCUT2D eigenvalue weighted by Gasteiger charge is 2.38. The Kier molecular flexibility index (Phi) is 10.7. The van der Waals surface area contributed by atoms with Crippen molar-refractivity contribution in [2.45, 2.75) is 72.6 Å². The molecule has 8 nitrogen and oxygen atoms in total. The lowest BCUT2D eigenvalue weighted by atomic mass is 9.95. The molecule has 0 aliphatic rings. The zero-order valence-corrected chi connectivity index (χ0v) is 23.0. The summed E-state index contributed by atoms with van der Waals surface area (Å²) in [6, 6.07) is 12.7. The minimum absolute atomic E-state index is 0.0957. The first-order valence-electron chi connectivity index (χ1n) is 12.7. The van der Waals surface area contributed by atoms with Crippen LogP contribution in [0.5, 0.6) is 0 Å². The average Bonchev–Trinajstić information content (AvgIpc) is 2.82. The van der Waals surface area contributed by atoms with E-state index < -0.39 is 35.6 Å². The molecule has 0 aliphatic carbocycles. The van der Waals surface area contributed by atoms with E-state index in [0.29, 0.717) is 17.7 Å². The lowest BCUT2D eigenvalue weighted by Crippen LogP contribution is -2.55. The average molecular weight is 512 g/mol. The lowest BCUT2D eigenvalue weighted by Gasteiger charge is -2.35. The number of nitrogens with one attached hydrogen (secondary N) is 2. The van der Waals surface area contributed by atoms with E-state index in [4.69, 9.17) is 4.74 Å². The Bertz CT molecular complexity index is 1060. The van der Waals surface area contributed by atoms with Crippen molar-refractivity contribution in [2.24, 2.45) is 5.92 Å². The van der Waals surface area contributed by atoms with Crippen molar-refractivity contribution in [3.8, 4) is 0 Å². The Balaban J connectivity index is 2.51. The maximum Gasteiger partial charge on any atom is 0.408 e. The largest absolute Gasteiger partial charge is 0.444 e. The number of aliphatic hydroxyl groups excluding tert-OH is 1. The van der Waals surface area contributed by atoms with Crippen molar-refractivity contribution in [3.63, 3.8) is 0 Å². The molecule has 37 heavy (non-hydrogen) atoms. The van der Waals surface area contributed by atoms with Crippen molar-refractivity contribution in [3.05, 3.63) is 65.2 Å². The van der Waals surface area contributed by atoms with Crippen LogP contribution >= 0.6 is 0 Å². The molecule has 2 aromatic rings. The molecule has 3 N–H and O–H groups in total. The number of hydrogen-bond acceptors (Lipinski definition) is 5. The van der Waals surface area contributed by atoms with Gasteiger partial charge in [-0.25, -0.2) is 4.79 Å². The SMILES string of the molecule is CCC(C)C(NC(=O)OC(C)(C)C)C(=O)N(CCO)C(C(=O)Nc1ccccc1C)c1ccc(C)cc1. The molecule has 2 aromatic carbocycles. The Hall–Kier alpha value is -3.39. The summed E-state index contributed by atoms with van der Waals surface area (Å²) in [6.07, 6.45) is -0.115. The van der Waals surface area contributed by atoms with E-state index in [1.54, 1.807) is 39.0 Å². The van der Waals surface area contributed by atoms with Crippen molar-refractivity contribution in [1.29, 1.82) is 0 Å². The number of carbonyl (C=O) groups is 3. The van der Waals surface area contributed by atoms with Crippen LogP contribution in [-0.4, -0.2) is 52.7 Å². The van der Waals surface area contributed by atoms with Gasteiger partial charge in [-0.05, 0) is 57.7 Å². The van der Waals surface area contributed by atoms with Gasteiger partial charge in [-0.15, -0.1) is 0 Å². The van der Waals surface area contributed by atoms with E-state index >= 15 is 0 Å². The summed E-state index contributed by atoms with van der Waals surface area (Å²) in [6.45, 7) is 12.4. The lowest BCUT2D eigenvalue weighted by molar-refractivity contribution is -0.142. The number of aryl methyl sites for hydroxylation is 2. The number of nitrogens with zero attached hydrogens (tertiary/aromatic N) is 1. The molecule has 0 radical (unpaired) electrons. The molecule has 202 valence electrons. The molecule has 8 heteroatoms. The third-order valence-corrected chi connectivity index (χ3v) is 6.13. The van der Waals surface area contributed by atoms with Gasteiger partial charge in [0.25, 0.3) is 5.91 Å². The fourth-order valence-electron chi connectivity index (χ4n) is 3.91. The van der Waals surface area contributed by atoms with Crippen LogP contribution < -0.4 is 10.6 Å². The van der Waals surface area contributed by atoms with Gasteiger partial charge in [-0.3, -0.25) is 9.59 Å². The van der Waals surface area contributed by atoms with Crippen molar-refractivity contribution < 1.29 is 24.2 Å². The number of carbonyl (C=O) groups excluding carboxylic acids is 3. The van der Waals surface area contributed by atoms with Crippen LogP contribution in [0.15, 0.2) is 48.5 Å². The van der Waals surface area contributed by atoms with E-state index in [9.17, 15) is 19.5 Å². The van der Waals surface area contributed by atoms with E-state index in [2.05, 4.69) is 10.6 Å². The van der Waals surface area contributed by atoms with Crippen LogP contribution in [-0.2, 0) is 14.3 Å². The van der Waals surface area contributed by atoms with Crippen molar-refractivity contribution in [2.75, 3.05) is 18.5 Å². The molecule has 0 aromatic heterocycles. The molecule has 0 fully saturated rings. The van der Waals surface area contributed by atoms with E-state index in [0.717, 1.165) is 11.1 Å². The summed E-state index contributed by atoms with van der Waals surface area (Å²) in [5.74, 6) is -1.14. The molecular formula is C29H41N3O5. The maximum atomic E-state index is 14.0. The number of amides is 3. The summed E-state index contributed by atoms with van der Waals surface area (Å²) >= 11 is 0. The van der Waals surface area contributed by atoms with Crippen LogP contribution in [0, 0.1) is 19.8 Å². The first kappa shape index (κ1) is 29.8. The highest BCUT2D eigenvalue weighted by atomic mass is 16.6. The van der Waals surface area contributed by atoms with Crippen molar-refractivity contribution in [1.82, 2.24) is 10.2 Å². The van der Waals surface area contributed by atoms with Gasteiger partial charge in [-0.2, -0.15) is 0 Å². The van der Waals surface area contributed by atoms with Gasteiger partial charge in [0.05, 0.1) is 6.61 Å². The number of rotatable bonds is 10. The van der Waals surface area contributed by atoms with E-state index in [1.807, 2.05) is 58.0 Å². The minimum atomic E-state index is -1.04. The summed E-state index contributed by atoms with van der Waals surface area (Å²) in [4.78, 5) is 41.7. The Morgan fingerprint density at radius 1 is 1.03 bits per heavy atom. The second kappa shape index (κ2) is 13.2. The Morgan fingerprint density at radius 2 is 1.65 bits per heavy atom. The molecule has 0 heterocycles. The Morgan fingerprint density at radius 3 is 2.19 bits per heavy atom. The predicted octanol–water partition coefficient (Wildman–Crippen LogP) is 4.74. The normalized spacial score (nSPS) is 13.7. The number of anilines is 1. The van der Waals surface area contributed by atoms with Gasteiger partial charge >= 0.3 is 6.09 Å². The molecule has 3 unspecified atom stereocenters. The summed E-state index contributed by atoms with van der Waals surface area (Å²) < 4.78 is 5.40. The van der Waals surface area contributed by atoms with Gasteiger partial charge in [0, 0.05) is 12.2 Å². The summed E-state index contributed by atoms with van der Waals surface area (Å²) in [7, 11) is 0. The molecule has 0 spiro atoms. The maximum absolute atomic E-state index is 14.0. The van der Waals surface area contributed by atoms with E-state index in [1.165, 1.54) is 4.90 Å². The Labute approximate surface area is 220 Å². The van der Waals surface area contributed by atoms with Crippen LogP contribution in [0.4, 0.5) is 10.5 Å². The number of hydrogen-bond donors (Lipinski definition) is 3. The fourth-order valence-corrected chi connectivity index (χ4v) is 3.91. The predicted molar refractivity (Wildman–Crippen MR) is 145 cm³/mol. The first-order chi connectivity index (χ1) is 17.4. The molecule has 2 rings (SSSR count). The van der Waals surface area contributed by atoms with Crippen LogP contribution in [0.1, 0.15) is 63.8 Å². The van der Waals surface area contributed by atoms with Crippen LogP contribution in [0.25, 0.3) is 0 Å². The van der Waals surface area contributed by atoms with E-state index in [-0.39, 0.29) is 19.1 Å².